The van der Waals surface area contributed by atoms with E-state index in [2.05, 4.69) is 23.7 Å². The molecule has 0 bridgehead atoms. The van der Waals surface area contributed by atoms with Crippen molar-refractivity contribution in [3.63, 3.8) is 0 Å². The van der Waals surface area contributed by atoms with Crippen LogP contribution in [0.3, 0.4) is 0 Å². The predicted octanol–water partition coefficient (Wildman–Crippen LogP) is 3.69. The molecule has 0 aliphatic heterocycles. The molecule has 2 unspecified atom stereocenters. The first-order valence-corrected chi connectivity index (χ1v) is 7.50. The zero-order valence-electron chi connectivity index (χ0n) is 10.0. The van der Waals surface area contributed by atoms with Crippen LogP contribution in [0.1, 0.15) is 48.5 Å². The topological polar surface area (TPSA) is 12.0 Å². The Labute approximate surface area is 102 Å². The van der Waals surface area contributed by atoms with Crippen molar-refractivity contribution in [2.24, 2.45) is 5.92 Å². The van der Waals surface area contributed by atoms with Crippen molar-refractivity contribution >= 4 is 11.3 Å². The molecule has 0 saturated heterocycles. The van der Waals surface area contributed by atoms with Gasteiger partial charge in [-0.3, -0.25) is 0 Å². The van der Waals surface area contributed by atoms with E-state index in [1.807, 2.05) is 11.3 Å². The summed E-state index contributed by atoms with van der Waals surface area (Å²) in [4.78, 5) is 1.54. The number of thiophene rings is 1. The second kappa shape index (κ2) is 4.50. The number of hydrogen-bond acceptors (Lipinski definition) is 2. The van der Waals surface area contributed by atoms with Gasteiger partial charge in [-0.05, 0) is 68.0 Å². The number of rotatable bonds is 4. The minimum atomic E-state index is 0.845. The lowest BCUT2D eigenvalue weighted by molar-refractivity contribution is 0.442. The van der Waals surface area contributed by atoms with Gasteiger partial charge in [0.05, 0.1) is 0 Å². The van der Waals surface area contributed by atoms with Gasteiger partial charge < -0.3 is 5.32 Å². The van der Waals surface area contributed by atoms with Gasteiger partial charge in [-0.2, -0.15) is 0 Å². The summed E-state index contributed by atoms with van der Waals surface area (Å²) in [7, 11) is 0. The summed E-state index contributed by atoms with van der Waals surface area (Å²) in [6, 6.07) is 3.23. The van der Waals surface area contributed by atoms with E-state index in [0.717, 1.165) is 17.9 Å². The largest absolute Gasteiger partial charge is 0.314 e. The maximum Gasteiger partial charge on any atom is 0.00683 e. The van der Waals surface area contributed by atoms with Gasteiger partial charge in [0.2, 0.25) is 0 Å². The van der Waals surface area contributed by atoms with Crippen molar-refractivity contribution in [3.8, 4) is 0 Å². The second-order valence-corrected chi connectivity index (χ2v) is 6.53. The lowest BCUT2D eigenvalue weighted by atomic mass is 9.89. The molecular weight excluding hydrogens is 214 g/mol. The Morgan fingerprint density at radius 2 is 2.19 bits per heavy atom. The maximum absolute atomic E-state index is 3.71. The van der Waals surface area contributed by atoms with Crippen LogP contribution in [0.2, 0.25) is 0 Å². The molecule has 1 aromatic rings. The molecule has 2 fully saturated rings. The van der Waals surface area contributed by atoms with Crippen LogP contribution in [0.4, 0.5) is 0 Å². The van der Waals surface area contributed by atoms with Gasteiger partial charge in [-0.15, -0.1) is 11.3 Å². The van der Waals surface area contributed by atoms with Gasteiger partial charge in [0, 0.05) is 10.9 Å². The van der Waals surface area contributed by atoms with Crippen molar-refractivity contribution in [1.29, 1.82) is 0 Å². The molecule has 0 spiro atoms. The Hall–Kier alpha value is -0.340. The zero-order chi connectivity index (χ0) is 11.0. The van der Waals surface area contributed by atoms with E-state index >= 15 is 0 Å². The predicted molar refractivity (Wildman–Crippen MR) is 70.2 cm³/mol. The van der Waals surface area contributed by atoms with Crippen molar-refractivity contribution in [2.75, 3.05) is 6.54 Å². The fraction of sp³-hybridized carbons (Fsp3) is 0.714. The summed E-state index contributed by atoms with van der Waals surface area (Å²) >= 11 is 1.91. The van der Waals surface area contributed by atoms with Gasteiger partial charge in [-0.1, -0.05) is 6.42 Å². The van der Waals surface area contributed by atoms with Crippen LogP contribution in [0, 0.1) is 12.8 Å². The van der Waals surface area contributed by atoms with E-state index in [-0.39, 0.29) is 0 Å². The van der Waals surface area contributed by atoms with Crippen molar-refractivity contribution in [2.45, 2.75) is 51.0 Å². The van der Waals surface area contributed by atoms with Gasteiger partial charge in [-0.25, -0.2) is 0 Å². The van der Waals surface area contributed by atoms with Gasteiger partial charge in [0.25, 0.3) is 0 Å². The van der Waals surface area contributed by atoms with Crippen molar-refractivity contribution in [3.05, 3.63) is 21.9 Å². The Bertz CT molecular complexity index is 353. The van der Waals surface area contributed by atoms with Crippen LogP contribution in [0.25, 0.3) is 0 Å². The molecule has 88 valence electrons. The molecule has 2 aliphatic rings. The first-order chi connectivity index (χ1) is 7.84. The fourth-order valence-electron chi connectivity index (χ4n) is 3.08. The molecule has 1 heterocycles. The summed E-state index contributed by atoms with van der Waals surface area (Å²) in [5.41, 5.74) is 1.64. The highest BCUT2D eigenvalue weighted by Gasteiger charge is 2.31. The monoisotopic (exact) mass is 235 g/mol. The highest BCUT2D eigenvalue weighted by Crippen LogP contribution is 2.42. The van der Waals surface area contributed by atoms with E-state index in [1.54, 1.807) is 10.4 Å². The molecular formula is C14H21NS. The molecule has 2 heteroatoms. The van der Waals surface area contributed by atoms with E-state index in [0.29, 0.717) is 0 Å². The molecule has 2 aliphatic carbocycles. The molecule has 0 radical (unpaired) electrons. The van der Waals surface area contributed by atoms with E-state index in [9.17, 15) is 0 Å². The number of nitrogens with one attached hydrogen (secondary N) is 1. The third kappa shape index (κ3) is 2.18. The highest BCUT2D eigenvalue weighted by atomic mass is 32.1. The summed E-state index contributed by atoms with van der Waals surface area (Å²) in [5, 5.41) is 5.97. The molecule has 2 saturated carbocycles. The average molecular weight is 235 g/mol. The summed E-state index contributed by atoms with van der Waals surface area (Å²) < 4.78 is 0. The minimum Gasteiger partial charge on any atom is -0.314 e. The SMILES string of the molecule is Cc1sccc1C1CCCC1CNC1CC1. The third-order valence-corrected chi connectivity index (χ3v) is 5.06. The molecule has 1 nitrogen and oxygen atoms in total. The van der Waals surface area contributed by atoms with Gasteiger partial charge >= 0.3 is 0 Å². The van der Waals surface area contributed by atoms with E-state index in [1.165, 1.54) is 38.6 Å². The molecule has 2 atom stereocenters. The number of hydrogen-bond donors (Lipinski definition) is 1. The average Bonchev–Trinajstić information content (AvgIpc) is 2.83. The Morgan fingerprint density at radius 3 is 2.88 bits per heavy atom. The summed E-state index contributed by atoms with van der Waals surface area (Å²) in [6.45, 7) is 3.54. The van der Waals surface area contributed by atoms with Crippen LogP contribution >= 0.6 is 11.3 Å². The standard InChI is InChI=1S/C14H21NS/c1-10-13(7-8-16-10)14-4-2-3-11(14)9-15-12-5-6-12/h7-8,11-12,14-15H,2-6,9H2,1H3. The first-order valence-electron chi connectivity index (χ1n) is 6.62. The Kier molecular flexibility index (Phi) is 3.03. The van der Waals surface area contributed by atoms with Crippen LogP contribution in [-0.2, 0) is 0 Å². The quantitative estimate of drug-likeness (QED) is 0.839. The number of aryl methyl sites for hydroxylation is 1. The van der Waals surface area contributed by atoms with Gasteiger partial charge in [0.1, 0.15) is 0 Å². The molecule has 1 N–H and O–H groups in total. The molecule has 3 rings (SSSR count). The smallest absolute Gasteiger partial charge is 0.00683 e. The molecule has 16 heavy (non-hydrogen) atoms. The van der Waals surface area contributed by atoms with E-state index < -0.39 is 0 Å². The van der Waals surface area contributed by atoms with Crippen LogP contribution < -0.4 is 5.32 Å². The summed E-state index contributed by atoms with van der Waals surface area (Å²) in [5.74, 6) is 1.74. The van der Waals surface area contributed by atoms with Gasteiger partial charge in [0.15, 0.2) is 0 Å². The van der Waals surface area contributed by atoms with Crippen LogP contribution in [0.5, 0.6) is 0 Å². The van der Waals surface area contributed by atoms with Crippen LogP contribution in [0.15, 0.2) is 11.4 Å². The van der Waals surface area contributed by atoms with Crippen LogP contribution in [-0.4, -0.2) is 12.6 Å². The van der Waals surface area contributed by atoms with Crippen molar-refractivity contribution in [1.82, 2.24) is 5.32 Å². The first kappa shape index (κ1) is 10.8. The molecule has 0 amide bonds. The second-order valence-electron chi connectivity index (χ2n) is 5.41. The minimum absolute atomic E-state index is 0.845. The lowest BCUT2D eigenvalue weighted by Crippen LogP contribution is -2.26. The normalized spacial score (nSPS) is 29.8. The lowest BCUT2D eigenvalue weighted by Gasteiger charge is -2.20. The maximum atomic E-state index is 3.71. The Balaban J connectivity index is 1.66. The third-order valence-electron chi connectivity index (χ3n) is 4.20. The highest BCUT2D eigenvalue weighted by molar-refractivity contribution is 7.10. The van der Waals surface area contributed by atoms with Crippen molar-refractivity contribution < 1.29 is 0 Å². The van der Waals surface area contributed by atoms with E-state index in [4.69, 9.17) is 0 Å². The Morgan fingerprint density at radius 1 is 1.31 bits per heavy atom. The molecule has 1 aromatic heterocycles. The fourth-order valence-corrected chi connectivity index (χ4v) is 3.85. The summed E-state index contributed by atoms with van der Waals surface area (Å²) in [6.07, 6.45) is 7.09. The molecule has 0 aromatic carbocycles. The zero-order valence-corrected chi connectivity index (χ0v) is 10.9.